The molecule has 2 saturated carbocycles. The maximum absolute atomic E-state index is 12.4. The van der Waals surface area contributed by atoms with Gasteiger partial charge in [-0.05, 0) is 76.0 Å². The molecule has 0 saturated heterocycles. The molecule has 0 unspecified atom stereocenters. The zero-order valence-corrected chi connectivity index (χ0v) is 16.4. The Bertz CT molecular complexity index is 501. The topological polar surface area (TPSA) is 50.1 Å². The number of allylic oxidation sites excluding steroid dienone is 4. The summed E-state index contributed by atoms with van der Waals surface area (Å²) in [6, 6.07) is 1.99. The summed E-state index contributed by atoms with van der Waals surface area (Å²) in [5, 5.41) is 8.42. The first kappa shape index (κ1) is 20.7. The molecule has 0 aromatic carbocycles. The second-order valence-corrected chi connectivity index (χ2v) is 8.08. The van der Waals surface area contributed by atoms with Crippen molar-refractivity contribution >= 4 is 5.97 Å². The summed E-state index contributed by atoms with van der Waals surface area (Å²) in [6.45, 7) is 2.25. The Morgan fingerprint density at radius 3 is 2.31 bits per heavy atom. The van der Waals surface area contributed by atoms with Gasteiger partial charge < -0.3 is 4.74 Å². The standard InChI is InChI=1S/C23H35NO2/c1-2-8-19-10-14-21(15-11-19)23(25)26-22-16-12-20(13-17-22)9-6-4-3-5-7-18-24/h3-5,7,19-22H,2,6,8-17H2,1H3/b4-3+,7-5?/t19-,20?,21-,22?. The summed E-state index contributed by atoms with van der Waals surface area (Å²) < 4.78 is 5.85. The number of hydrogen-bond donors (Lipinski definition) is 0. The Hall–Kier alpha value is -1.56. The zero-order valence-electron chi connectivity index (χ0n) is 16.4. The second kappa shape index (κ2) is 11.9. The second-order valence-electron chi connectivity index (χ2n) is 8.08. The molecule has 2 rings (SSSR count). The first-order valence-corrected chi connectivity index (χ1v) is 10.6. The molecule has 3 heteroatoms. The number of hydrogen-bond acceptors (Lipinski definition) is 3. The minimum absolute atomic E-state index is 0.0793. The lowest BCUT2D eigenvalue weighted by atomic mass is 9.80. The van der Waals surface area contributed by atoms with Gasteiger partial charge in [0.05, 0.1) is 12.0 Å². The van der Waals surface area contributed by atoms with E-state index in [0.717, 1.165) is 43.9 Å². The van der Waals surface area contributed by atoms with Crippen molar-refractivity contribution in [3.63, 3.8) is 0 Å². The highest BCUT2D eigenvalue weighted by Crippen LogP contribution is 2.34. The number of rotatable bonds is 8. The maximum atomic E-state index is 12.4. The van der Waals surface area contributed by atoms with Crippen LogP contribution in [0.3, 0.4) is 0 Å². The van der Waals surface area contributed by atoms with Crippen molar-refractivity contribution in [3.8, 4) is 6.07 Å². The molecule has 0 bridgehead atoms. The lowest BCUT2D eigenvalue weighted by Crippen LogP contribution is -2.30. The predicted molar refractivity (Wildman–Crippen MR) is 105 cm³/mol. The summed E-state index contributed by atoms with van der Waals surface area (Å²) in [7, 11) is 0. The molecule has 0 aliphatic heterocycles. The van der Waals surface area contributed by atoms with Crippen molar-refractivity contribution in [2.45, 2.75) is 90.1 Å². The van der Waals surface area contributed by atoms with Crippen LogP contribution in [0.2, 0.25) is 0 Å². The van der Waals surface area contributed by atoms with Crippen LogP contribution >= 0.6 is 0 Å². The smallest absolute Gasteiger partial charge is 0.309 e. The number of nitriles is 1. The highest BCUT2D eigenvalue weighted by molar-refractivity contribution is 5.72. The highest BCUT2D eigenvalue weighted by Gasteiger charge is 2.30. The summed E-state index contributed by atoms with van der Waals surface area (Å²) in [5.41, 5.74) is 0. The molecule has 2 aliphatic carbocycles. The van der Waals surface area contributed by atoms with Crippen LogP contribution < -0.4 is 0 Å². The Kier molecular flexibility index (Phi) is 9.53. The van der Waals surface area contributed by atoms with E-state index in [1.807, 2.05) is 12.1 Å². The van der Waals surface area contributed by atoms with Crippen LogP contribution in [0, 0.1) is 29.1 Å². The van der Waals surface area contributed by atoms with Crippen molar-refractivity contribution in [1.29, 1.82) is 5.26 Å². The number of carbonyl (C=O) groups is 1. The average molecular weight is 358 g/mol. The molecule has 0 aromatic heterocycles. The van der Waals surface area contributed by atoms with Crippen molar-refractivity contribution < 1.29 is 9.53 Å². The number of ether oxygens (including phenoxy) is 1. The van der Waals surface area contributed by atoms with Crippen molar-refractivity contribution in [2.75, 3.05) is 0 Å². The van der Waals surface area contributed by atoms with E-state index >= 15 is 0 Å². The third kappa shape index (κ3) is 7.36. The zero-order chi connectivity index (χ0) is 18.6. The molecule has 3 nitrogen and oxygen atoms in total. The predicted octanol–water partition coefficient (Wildman–Crippen LogP) is 6.11. The fourth-order valence-electron chi connectivity index (χ4n) is 4.50. The minimum Gasteiger partial charge on any atom is -0.462 e. The Morgan fingerprint density at radius 2 is 1.65 bits per heavy atom. The molecular formula is C23H35NO2. The maximum Gasteiger partial charge on any atom is 0.309 e. The molecule has 0 atom stereocenters. The molecule has 144 valence electrons. The SMILES string of the molecule is CCC[C@H]1CC[C@H](C(=O)OC2CCC(CC/C=C/C=CC#N)CC2)CC1. The van der Waals surface area contributed by atoms with Gasteiger partial charge in [0.15, 0.2) is 0 Å². The molecule has 2 fully saturated rings. The van der Waals surface area contributed by atoms with Crippen molar-refractivity contribution in [3.05, 3.63) is 24.3 Å². The average Bonchev–Trinajstić information content (AvgIpc) is 2.66. The molecule has 0 heterocycles. The summed E-state index contributed by atoms with van der Waals surface area (Å²) in [4.78, 5) is 12.4. The highest BCUT2D eigenvalue weighted by atomic mass is 16.5. The Morgan fingerprint density at radius 1 is 1.00 bits per heavy atom. The van der Waals surface area contributed by atoms with Gasteiger partial charge in [0, 0.05) is 6.08 Å². The summed E-state index contributed by atoms with van der Waals surface area (Å²) in [5.74, 6) is 1.83. The number of esters is 1. The summed E-state index contributed by atoms with van der Waals surface area (Å²) in [6.07, 6.45) is 21.2. The van der Waals surface area contributed by atoms with Gasteiger partial charge in [-0.3, -0.25) is 4.79 Å². The number of carbonyl (C=O) groups excluding carboxylic acids is 1. The van der Waals surface area contributed by atoms with E-state index in [4.69, 9.17) is 10.00 Å². The molecular weight excluding hydrogens is 322 g/mol. The molecule has 0 radical (unpaired) electrons. The van der Waals surface area contributed by atoms with Crippen LogP contribution in [-0.2, 0) is 9.53 Å². The Labute approximate surface area is 159 Å². The molecule has 2 aliphatic rings. The molecule has 26 heavy (non-hydrogen) atoms. The summed E-state index contributed by atoms with van der Waals surface area (Å²) >= 11 is 0. The van der Waals surface area contributed by atoms with Crippen LogP contribution in [0.5, 0.6) is 0 Å². The molecule has 0 spiro atoms. The van der Waals surface area contributed by atoms with Crippen LogP contribution in [0.1, 0.15) is 84.0 Å². The van der Waals surface area contributed by atoms with Gasteiger partial charge in [-0.15, -0.1) is 0 Å². The Balaban J connectivity index is 1.60. The molecule has 0 amide bonds. The van der Waals surface area contributed by atoms with Crippen LogP contribution in [0.15, 0.2) is 24.3 Å². The lowest BCUT2D eigenvalue weighted by molar-refractivity contribution is -0.157. The van der Waals surface area contributed by atoms with Gasteiger partial charge in [0.25, 0.3) is 0 Å². The van der Waals surface area contributed by atoms with Crippen LogP contribution in [0.25, 0.3) is 0 Å². The first-order chi connectivity index (χ1) is 12.7. The number of nitrogens with zero attached hydrogens (tertiary/aromatic N) is 1. The van der Waals surface area contributed by atoms with Crippen LogP contribution in [-0.4, -0.2) is 12.1 Å². The van der Waals surface area contributed by atoms with E-state index in [-0.39, 0.29) is 18.0 Å². The quantitative estimate of drug-likeness (QED) is 0.299. The van der Waals surface area contributed by atoms with Gasteiger partial charge in [0.1, 0.15) is 6.10 Å². The molecule has 0 N–H and O–H groups in total. The third-order valence-corrected chi connectivity index (χ3v) is 6.11. The van der Waals surface area contributed by atoms with Crippen molar-refractivity contribution in [2.24, 2.45) is 17.8 Å². The largest absolute Gasteiger partial charge is 0.462 e. The first-order valence-electron chi connectivity index (χ1n) is 10.6. The van der Waals surface area contributed by atoms with Crippen molar-refractivity contribution in [1.82, 2.24) is 0 Å². The lowest BCUT2D eigenvalue weighted by Gasteiger charge is -2.31. The van der Waals surface area contributed by atoms with Gasteiger partial charge in [-0.25, -0.2) is 0 Å². The normalized spacial score (nSPS) is 29.7. The molecule has 0 aromatic rings. The van der Waals surface area contributed by atoms with Gasteiger partial charge in [0.2, 0.25) is 0 Å². The van der Waals surface area contributed by atoms with Crippen LogP contribution in [0.4, 0.5) is 0 Å². The van der Waals surface area contributed by atoms with Gasteiger partial charge in [-0.2, -0.15) is 5.26 Å². The van der Waals surface area contributed by atoms with E-state index < -0.39 is 0 Å². The van der Waals surface area contributed by atoms with Gasteiger partial charge >= 0.3 is 5.97 Å². The van der Waals surface area contributed by atoms with E-state index in [0.29, 0.717) is 0 Å². The van der Waals surface area contributed by atoms with E-state index in [1.165, 1.54) is 51.0 Å². The minimum atomic E-state index is 0.0793. The fraction of sp³-hybridized carbons (Fsp3) is 0.739. The monoisotopic (exact) mass is 357 g/mol. The van der Waals surface area contributed by atoms with E-state index in [9.17, 15) is 4.79 Å². The third-order valence-electron chi connectivity index (χ3n) is 6.11. The fourth-order valence-corrected chi connectivity index (χ4v) is 4.50. The van der Waals surface area contributed by atoms with E-state index in [2.05, 4.69) is 13.0 Å². The van der Waals surface area contributed by atoms with E-state index in [1.54, 1.807) is 6.08 Å². The van der Waals surface area contributed by atoms with Gasteiger partial charge in [-0.1, -0.05) is 38.0 Å².